The minimum Gasteiger partial charge on any atom is -0.395 e. The number of aliphatic hydroxyl groups is 1. The number of aliphatic hydroxyl groups excluding tert-OH is 1. The average Bonchev–Trinajstić information content (AvgIpc) is 3.01. The molecule has 0 aromatic carbocycles. The van der Waals surface area contributed by atoms with Gasteiger partial charge in [-0.2, -0.15) is 5.10 Å². The molecular weight excluding hydrogens is 268 g/mol. The standard InChI is InChI=1S/C15H24N4O2/c1-2-9-18(11-12-20)15(21)17-13-6-3-4-7-14(13)19-10-5-8-16-19/h2,5,8,10,13-14,20H,1,3-4,6-7,9,11-12H2,(H,17,21). The molecule has 1 saturated carbocycles. The Labute approximate surface area is 125 Å². The highest BCUT2D eigenvalue weighted by Gasteiger charge is 2.29. The van der Waals surface area contributed by atoms with Crippen molar-refractivity contribution in [1.29, 1.82) is 0 Å². The van der Waals surface area contributed by atoms with Gasteiger partial charge >= 0.3 is 6.03 Å². The van der Waals surface area contributed by atoms with Crippen LogP contribution in [0.4, 0.5) is 4.79 Å². The van der Waals surface area contributed by atoms with Crippen molar-refractivity contribution in [3.8, 4) is 0 Å². The minimum atomic E-state index is -0.145. The quantitative estimate of drug-likeness (QED) is 0.782. The van der Waals surface area contributed by atoms with Gasteiger partial charge in [0.05, 0.1) is 18.7 Å². The Balaban J connectivity index is 2.01. The molecule has 0 bridgehead atoms. The Morgan fingerprint density at radius 1 is 1.52 bits per heavy atom. The summed E-state index contributed by atoms with van der Waals surface area (Å²) >= 11 is 0. The van der Waals surface area contributed by atoms with E-state index in [2.05, 4.69) is 17.0 Å². The normalized spacial score (nSPS) is 21.8. The maximum Gasteiger partial charge on any atom is 0.318 e. The van der Waals surface area contributed by atoms with E-state index < -0.39 is 0 Å². The van der Waals surface area contributed by atoms with Crippen molar-refractivity contribution in [3.63, 3.8) is 0 Å². The van der Waals surface area contributed by atoms with Crippen LogP contribution in [0.3, 0.4) is 0 Å². The first-order chi connectivity index (χ1) is 10.3. The van der Waals surface area contributed by atoms with Gasteiger partial charge in [-0.15, -0.1) is 6.58 Å². The predicted molar refractivity (Wildman–Crippen MR) is 80.9 cm³/mol. The topological polar surface area (TPSA) is 70.4 Å². The number of nitrogens with one attached hydrogen (secondary N) is 1. The summed E-state index contributed by atoms with van der Waals surface area (Å²) in [7, 11) is 0. The molecule has 1 aromatic heterocycles. The van der Waals surface area contributed by atoms with E-state index in [1.165, 1.54) is 0 Å². The molecule has 1 aromatic rings. The van der Waals surface area contributed by atoms with Crippen LogP contribution in [-0.4, -0.2) is 51.6 Å². The van der Waals surface area contributed by atoms with E-state index in [-0.39, 0.29) is 24.7 Å². The Kier molecular flexibility index (Phi) is 5.80. The van der Waals surface area contributed by atoms with Gasteiger partial charge in [-0.1, -0.05) is 18.9 Å². The van der Waals surface area contributed by atoms with Gasteiger partial charge in [0, 0.05) is 25.5 Å². The SMILES string of the molecule is C=CCN(CCO)C(=O)NC1CCCCC1n1cccn1. The number of nitrogens with zero attached hydrogens (tertiary/aromatic N) is 3. The van der Waals surface area contributed by atoms with Crippen LogP contribution in [-0.2, 0) is 0 Å². The molecule has 2 N–H and O–H groups in total. The van der Waals surface area contributed by atoms with Gasteiger partial charge in [0.2, 0.25) is 0 Å². The third-order valence-corrected chi connectivity index (χ3v) is 3.91. The molecule has 6 heteroatoms. The van der Waals surface area contributed by atoms with Crippen molar-refractivity contribution < 1.29 is 9.90 Å². The van der Waals surface area contributed by atoms with Crippen molar-refractivity contribution in [2.75, 3.05) is 19.7 Å². The number of carbonyl (C=O) groups is 1. The first kappa shape index (κ1) is 15.6. The monoisotopic (exact) mass is 292 g/mol. The Hall–Kier alpha value is -1.82. The van der Waals surface area contributed by atoms with E-state index in [0.717, 1.165) is 25.7 Å². The lowest BCUT2D eigenvalue weighted by molar-refractivity contribution is 0.168. The van der Waals surface area contributed by atoms with Crippen LogP contribution in [0.5, 0.6) is 0 Å². The molecule has 1 aliphatic rings. The Morgan fingerprint density at radius 3 is 3.00 bits per heavy atom. The molecule has 2 atom stereocenters. The maximum absolute atomic E-state index is 12.3. The van der Waals surface area contributed by atoms with Gasteiger partial charge < -0.3 is 15.3 Å². The third kappa shape index (κ3) is 4.07. The molecule has 1 fully saturated rings. The smallest absolute Gasteiger partial charge is 0.318 e. The van der Waals surface area contributed by atoms with Crippen molar-refractivity contribution in [2.24, 2.45) is 0 Å². The second kappa shape index (κ2) is 7.83. The van der Waals surface area contributed by atoms with Crippen LogP contribution in [0, 0.1) is 0 Å². The number of carbonyl (C=O) groups excluding carboxylic acids is 1. The summed E-state index contributed by atoms with van der Waals surface area (Å²) in [4.78, 5) is 13.9. The zero-order valence-corrected chi connectivity index (χ0v) is 12.3. The maximum atomic E-state index is 12.3. The molecule has 1 aliphatic carbocycles. The van der Waals surface area contributed by atoms with Crippen LogP contribution >= 0.6 is 0 Å². The number of hydrogen-bond donors (Lipinski definition) is 2. The Bertz CT molecular complexity index is 447. The highest BCUT2D eigenvalue weighted by atomic mass is 16.3. The zero-order chi connectivity index (χ0) is 15.1. The van der Waals surface area contributed by atoms with Crippen molar-refractivity contribution in [2.45, 2.75) is 37.8 Å². The number of amides is 2. The number of urea groups is 1. The van der Waals surface area contributed by atoms with Gasteiger partial charge in [-0.05, 0) is 18.9 Å². The largest absolute Gasteiger partial charge is 0.395 e. The average molecular weight is 292 g/mol. The summed E-state index contributed by atoms with van der Waals surface area (Å²) in [6, 6.07) is 2.05. The molecule has 0 spiro atoms. The van der Waals surface area contributed by atoms with Crippen molar-refractivity contribution >= 4 is 6.03 Å². The molecular formula is C15H24N4O2. The second-order valence-corrected chi connectivity index (χ2v) is 5.35. The molecule has 2 amide bonds. The fraction of sp³-hybridized carbons (Fsp3) is 0.600. The van der Waals surface area contributed by atoms with Gasteiger partial charge in [0.25, 0.3) is 0 Å². The van der Waals surface area contributed by atoms with Gasteiger partial charge in [-0.25, -0.2) is 4.79 Å². The van der Waals surface area contributed by atoms with Crippen LogP contribution < -0.4 is 5.32 Å². The van der Waals surface area contributed by atoms with E-state index in [0.29, 0.717) is 13.1 Å². The first-order valence-corrected chi connectivity index (χ1v) is 7.52. The van der Waals surface area contributed by atoms with Crippen LogP contribution in [0.2, 0.25) is 0 Å². The number of rotatable bonds is 6. The molecule has 2 unspecified atom stereocenters. The summed E-state index contributed by atoms with van der Waals surface area (Å²) in [5.74, 6) is 0. The van der Waals surface area contributed by atoms with Crippen LogP contribution in [0.1, 0.15) is 31.7 Å². The van der Waals surface area contributed by atoms with E-state index in [1.807, 2.05) is 16.9 Å². The molecule has 0 radical (unpaired) electrons. The number of aromatic nitrogens is 2. The first-order valence-electron chi connectivity index (χ1n) is 7.52. The fourth-order valence-corrected chi connectivity index (χ4v) is 2.88. The molecule has 0 aliphatic heterocycles. The van der Waals surface area contributed by atoms with E-state index >= 15 is 0 Å². The fourth-order valence-electron chi connectivity index (χ4n) is 2.88. The van der Waals surface area contributed by atoms with Crippen molar-refractivity contribution in [1.82, 2.24) is 20.0 Å². The second-order valence-electron chi connectivity index (χ2n) is 5.35. The lowest BCUT2D eigenvalue weighted by Crippen LogP contribution is -2.49. The predicted octanol–water partition coefficient (Wildman–Crippen LogP) is 1.56. The summed E-state index contributed by atoms with van der Waals surface area (Å²) in [5, 5.41) is 16.5. The van der Waals surface area contributed by atoms with Crippen molar-refractivity contribution in [3.05, 3.63) is 31.1 Å². The summed E-state index contributed by atoms with van der Waals surface area (Å²) in [5.41, 5.74) is 0. The minimum absolute atomic E-state index is 0.0471. The molecule has 116 valence electrons. The van der Waals surface area contributed by atoms with E-state index in [9.17, 15) is 4.79 Å². The van der Waals surface area contributed by atoms with Gasteiger partial charge in [0.15, 0.2) is 0 Å². The van der Waals surface area contributed by atoms with Gasteiger partial charge in [-0.3, -0.25) is 4.68 Å². The molecule has 2 rings (SSSR count). The zero-order valence-electron chi connectivity index (χ0n) is 12.3. The van der Waals surface area contributed by atoms with Crippen LogP contribution in [0.15, 0.2) is 31.1 Å². The highest BCUT2D eigenvalue weighted by molar-refractivity contribution is 5.74. The lowest BCUT2D eigenvalue weighted by Gasteiger charge is -2.34. The summed E-state index contributed by atoms with van der Waals surface area (Å²) in [6.07, 6.45) is 9.63. The third-order valence-electron chi connectivity index (χ3n) is 3.91. The molecule has 0 saturated heterocycles. The Morgan fingerprint density at radius 2 is 2.33 bits per heavy atom. The summed E-state index contributed by atoms with van der Waals surface area (Å²) in [6.45, 7) is 4.36. The number of hydrogen-bond acceptors (Lipinski definition) is 3. The molecule has 6 nitrogen and oxygen atoms in total. The lowest BCUT2D eigenvalue weighted by atomic mass is 9.90. The van der Waals surface area contributed by atoms with Crippen LogP contribution in [0.25, 0.3) is 0 Å². The molecule has 21 heavy (non-hydrogen) atoms. The van der Waals surface area contributed by atoms with E-state index in [4.69, 9.17) is 5.11 Å². The summed E-state index contributed by atoms with van der Waals surface area (Å²) < 4.78 is 1.94. The highest BCUT2D eigenvalue weighted by Crippen LogP contribution is 2.28. The van der Waals surface area contributed by atoms with Gasteiger partial charge in [0.1, 0.15) is 0 Å². The van der Waals surface area contributed by atoms with E-state index in [1.54, 1.807) is 17.2 Å². The molecule has 1 heterocycles.